The molecule has 6 aromatic rings. The highest BCUT2D eigenvalue weighted by Gasteiger charge is 2.15. The van der Waals surface area contributed by atoms with E-state index in [1.807, 2.05) is 54.6 Å². The van der Waals surface area contributed by atoms with Gasteiger partial charge in [-0.05, 0) is 62.8 Å². The summed E-state index contributed by atoms with van der Waals surface area (Å²) in [6.45, 7) is 0. The summed E-state index contributed by atoms with van der Waals surface area (Å²) in [7, 11) is 0. The van der Waals surface area contributed by atoms with Crippen molar-refractivity contribution in [3.05, 3.63) is 127 Å². The first-order chi connectivity index (χ1) is 17.2. The molecule has 0 spiro atoms. The molecule has 0 N–H and O–H groups in total. The molecular weight excluding hydrogens is 450 g/mol. The third kappa shape index (κ3) is 4.30. The predicted molar refractivity (Wildman–Crippen MR) is 144 cm³/mol. The van der Waals surface area contributed by atoms with E-state index in [9.17, 15) is 0 Å². The second kappa shape index (κ2) is 9.13. The zero-order valence-corrected chi connectivity index (χ0v) is 19.5. The van der Waals surface area contributed by atoms with E-state index in [-0.39, 0.29) is 5.28 Å². The summed E-state index contributed by atoms with van der Waals surface area (Å²) in [6.07, 6.45) is 0. The second-order valence-corrected chi connectivity index (χ2v) is 8.65. The molecule has 3 nitrogen and oxygen atoms in total. The van der Waals surface area contributed by atoms with Crippen LogP contribution in [0.5, 0.6) is 0 Å². The lowest BCUT2D eigenvalue weighted by atomic mass is 9.95. The smallest absolute Gasteiger partial charge is 0.208 e. The van der Waals surface area contributed by atoms with E-state index in [0.29, 0.717) is 11.6 Å². The van der Waals surface area contributed by atoms with Gasteiger partial charge < -0.3 is 0 Å². The fraction of sp³-hybridized carbons (Fsp3) is 0. The van der Waals surface area contributed by atoms with E-state index >= 15 is 0 Å². The summed E-state index contributed by atoms with van der Waals surface area (Å²) in [5.74, 6) is 1.10. The third-order valence-electron chi connectivity index (χ3n) is 6.05. The van der Waals surface area contributed by atoms with Gasteiger partial charge in [-0.1, -0.05) is 103 Å². The van der Waals surface area contributed by atoms with Crippen LogP contribution >= 0.6 is 11.6 Å². The van der Waals surface area contributed by atoms with Gasteiger partial charge in [-0.2, -0.15) is 9.97 Å². The van der Waals surface area contributed by atoms with Crippen LogP contribution in [0.3, 0.4) is 0 Å². The maximum Gasteiger partial charge on any atom is 0.226 e. The molecule has 35 heavy (non-hydrogen) atoms. The Labute approximate surface area is 208 Å². The van der Waals surface area contributed by atoms with Gasteiger partial charge in [0.1, 0.15) is 0 Å². The molecule has 4 heteroatoms. The lowest BCUT2D eigenvalue weighted by Gasteiger charge is -2.13. The van der Waals surface area contributed by atoms with Crippen molar-refractivity contribution in [1.29, 1.82) is 0 Å². The average Bonchev–Trinajstić information content (AvgIpc) is 2.93. The summed E-state index contributed by atoms with van der Waals surface area (Å²) >= 11 is 6.46. The quantitative estimate of drug-likeness (QED) is 0.260. The molecule has 1 heterocycles. The van der Waals surface area contributed by atoms with Crippen LogP contribution in [0.15, 0.2) is 121 Å². The molecule has 0 saturated heterocycles. The van der Waals surface area contributed by atoms with Crippen molar-refractivity contribution in [3.63, 3.8) is 0 Å². The summed E-state index contributed by atoms with van der Waals surface area (Å²) in [5.41, 5.74) is 6.18. The maximum atomic E-state index is 6.46. The van der Waals surface area contributed by atoms with Crippen LogP contribution in [0.25, 0.3) is 55.8 Å². The van der Waals surface area contributed by atoms with Gasteiger partial charge in [0.25, 0.3) is 0 Å². The summed E-state index contributed by atoms with van der Waals surface area (Å²) in [4.78, 5) is 13.9. The highest BCUT2D eigenvalue weighted by molar-refractivity contribution is 6.28. The Morgan fingerprint density at radius 1 is 0.400 bits per heavy atom. The molecule has 0 aliphatic heterocycles. The zero-order valence-electron chi connectivity index (χ0n) is 18.8. The molecule has 166 valence electrons. The molecule has 0 atom stereocenters. The van der Waals surface area contributed by atoms with E-state index in [1.54, 1.807) is 0 Å². The maximum absolute atomic E-state index is 6.46. The van der Waals surface area contributed by atoms with E-state index in [1.165, 1.54) is 0 Å². The van der Waals surface area contributed by atoms with Crippen LogP contribution in [0.1, 0.15) is 0 Å². The highest BCUT2D eigenvalue weighted by atomic mass is 35.5. The van der Waals surface area contributed by atoms with E-state index in [2.05, 4.69) is 76.7 Å². The minimum Gasteiger partial charge on any atom is -0.208 e. The molecule has 0 unspecified atom stereocenters. The van der Waals surface area contributed by atoms with Crippen molar-refractivity contribution < 1.29 is 0 Å². The van der Waals surface area contributed by atoms with Crippen LogP contribution in [0, 0.1) is 0 Å². The Kier molecular flexibility index (Phi) is 5.53. The second-order valence-electron chi connectivity index (χ2n) is 8.31. The van der Waals surface area contributed by atoms with Gasteiger partial charge in [-0.25, -0.2) is 4.98 Å². The number of nitrogens with zero attached hydrogens (tertiary/aromatic N) is 3. The van der Waals surface area contributed by atoms with E-state index in [0.717, 1.165) is 44.2 Å². The first-order valence-electron chi connectivity index (χ1n) is 11.4. The fourth-order valence-corrected chi connectivity index (χ4v) is 4.51. The van der Waals surface area contributed by atoms with Crippen LogP contribution in [-0.4, -0.2) is 15.0 Å². The molecule has 5 aromatic carbocycles. The normalized spacial score (nSPS) is 11.0. The fourth-order valence-electron chi connectivity index (χ4n) is 4.35. The first kappa shape index (κ1) is 21.2. The molecule has 0 bridgehead atoms. The van der Waals surface area contributed by atoms with Gasteiger partial charge in [0, 0.05) is 11.1 Å². The molecule has 0 aliphatic carbocycles. The Morgan fingerprint density at radius 2 is 0.943 bits per heavy atom. The predicted octanol–water partition coefficient (Wildman–Crippen LogP) is 8.35. The van der Waals surface area contributed by atoms with Gasteiger partial charge in [-0.15, -0.1) is 0 Å². The molecule has 0 aliphatic rings. The van der Waals surface area contributed by atoms with Crippen molar-refractivity contribution in [3.8, 4) is 45.0 Å². The van der Waals surface area contributed by atoms with Crippen LogP contribution in [0.2, 0.25) is 5.28 Å². The van der Waals surface area contributed by atoms with Gasteiger partial charge in [0.2, 0.25) is 5.28 Å². The number of aromatic nitrogens is 3. The number of fused-ring (bicyclic) bond motifs is 1. The number of rotatable bonds is 4. The Balaban J connectivity index is 1.53. The van der Waals surface area contributed by atoms with Gasteiger partial charge in [0.15, 0.2) is 11.6 Å². The van der Waals surface area contributed by atoms with Gasteiger partial charge >= 0.3 is 0 Å². The SMILES string of the molecule is Clc1nc(-c2cccc(-c3ccccc3)c2)nc(-c2cc3ccccc3cc2-c2ccccc2)n1. The minimum atomic E-state index is 0.169. The van der Waals surface area contributed by atoms with Crippen LogP contribution < -0.4 is 0 Å². The molecule has 0 fully saturated rings. The van der Waals surface area contributed by atoms with Crippen LogP contribution in [-0.2, 0) is 0 Å². The lowest BCUT2D eigenvalue weighted by Crippen LogP contribution is -1.99. The lowest BCUT2D eigenvalue weighted by molar-refractivity contribution is 1.07. The molecule has 0 saturated carbocycles. The molecule has 0 amide bonds. The van der Waals surface area contributed by atoms with E-state index in [4.69, 9.17) is 16.6 Å². The highest BCUT2D eigenvalue weighted by Crippen LogP contribution is 2.35. The molecule has 1 aromatic heterocycles. The number of halogens is 1. The average molecular weight is 470 g/mol. The summed E-state index contributed by atoms with van der Waals surface area (Å²) in [5, 5.41) is 2.44. The van der Waals surface area contributed by atoms with Crippen LogP contribution in [0.4, 0.5) is 0 Å². The topological polar surface area (TPSA) is 38.7 Å². The number of hydrogen-bond donors (Lipinski definition) is 0. The molecule has 0 radical (unpaired) electrons. The van der Waals surface area contributed by atoms with Gasteiger partial charge in [0.05, 0.1) is 0 Å². The Bertz CT molecular complexity index is 1650. The monoisotopic (exact) mass is 469 g/mol. The first-order valence-corrected chi connectivity index (χ1v) is 11.8. The molecular formula is C31H20ClN3. The van der Waals surface area contributed by atoms with Crippen molar-refractivity contribution in [2.24, 2.45) is 0 Å². The third-order valence-corrected chi connectivity index (χ3v) is 6.22. The summed E-state index contributed by atoms with van der Waals surface area (Å²) in [6, 6.07) is 41.3. The standard InChI is InChI=1S/C31H20ClN3/c32-31-34-29(26-17-9-16-23(18-26)21-10-3-1-4-11-21)33-30(35-31)28-20-25-15-8-7-14-24(25)19-27(28)22-12-5-2-6-13-22/h1-20H. The minimum absolute atomic E-state index is 0.169. The number of benzene rings is 5. The van der Waals surface area contributed by atoms with Gasteiger partial charge in [-0.3, -0.25) is 0 Å². The van der Waals surface area contributed by atoms with Crippen molar-refractivity contribution in [2.45, 2.75) is 0 Å². The Hall–Kier alpha value is -4.34. The largest absolute Gasteiger partial charge is 0.226 e. The zero-order chi connectivity index (χ0) is 23.6. The Morgan fingerprint density at radius 3 is 1.66 bits per heavy atom. The van der Waals surface area contributed by atoms with E-state index < -0.39 is 0 Å². The number of hydrogen-bond acceptors (Lipinski definition) is 3. The van der Waals surface area contributed by atoms with Crippen molar-refractivity contribution in [1.82, 2.24) is 15.0 Å². The summed E-state index contributed by atoms with van der Waals surface area (Å²) < 4.78 is 0. The van der Waals surface area contributed by atoms with Crippen molar-refractivity contribution >= 4 is 22.4 Å². The molecule has 6 rings (SSSR count). The van der Waals surface area contributed by atoms with Crippen molar-refractivity contribution in [2.75, 3.05) is 0 Å².